The second-order valence-corrected chi connectivity index (χ2v) is 14.0. The van der Waals surface area contributed by atoms with Crippen LogP contribution in [-0.4, -0.2) is 60.8 Å². The van der Waals surface area contributed by atoms with Crippen LogP contribution in [0.3, 0.4) is 0 Å². The summed E-state index contributed by atoms with van der Waals surface area (Å²) in [5.41, 5.74) is 0.707. The van der Waals surface area contributed by atoms with Crippen LogP contribution < -0.4 is 4.72 Å². The Morgan fingerprint density at radius 1 is 1.05 bits per heavy atom. The maximum atomic E-state index is 14.7. The van der Waals surface area contributed by atoms with E-state index < -0.39 is 27.3 Å². The number of rotatable bonds is 11. The van der Waals surface area contributed by atoms with Crippen molar-refractivity contribution in [3.63, 3.8) is 0 Å². The van der Waals surface area contributed by atoms with Crippen molar-refractivity contribution in [2.24, 2.45) is 0 Å². The molecule has 1 atom stereocenters. The number of nitrogens with one attached hydrogen (secondary N) is 1. The number of fused-ring (bicyclic) bond motifs is 1. The van der Waals surface area contributed by atoms with Gasteiger partial charge in [-0.15, -0.1) is 11.3 Å². The number of carbonyl (C=O) groups excluding carboxylic acids is 3. The summed E-state index contributed by atoms with van der Waals surface area (Å²) in [7, 11) is -3.72. The van der Waals surface area contributed by atoms with E-state index in [4.69, 9.17) is 11.6 Å². The molecule has 1 unspecified atom stereocenters. The molecule has 8 nitrogen and oxygen atoms in total. The van der Waals surface area contributed by atoms with Gasteiger partial charge in [0, 0.05) is 53.0 Å². The maximum Gasteiger partial charge on any atom is 0.256 e. The van der Waals surface area contributed by atoms with Gasteiger partial charge < -0.3 is 9.80 Å². The summed E-state index contributed by atoms with van der Waals surface area (Å²) in [4.78, 5) is 44.2. The molecule has 1 aliphatic heterocycles. The first-order valence-corrected chi connectivity index (χ1v) is 17.2. The normalized spacial score (nSPS) is 16.4. The highest BCUT2D eigenvalue weighted by molar-refractivity contribution is 7.89. The quantitative estimate of drug-likeness (QED) is 0.233. The zero-order valence-electron chi connectivity index (χ0n) is 24.0. The van der Waals surface area contributed by atoms with Crippen molar-refractivity contribution in [1.82, 2.24) is 14.5 Å². The lowest BCUT2D eigenvalue weighted by Gasteiger charge is -2.53. The molecule has 0 saturated carbocycles. The minimum atomic E-state index is -3.72. The van der Waals surface area contributed by atoms with Crippen molar-refractivity contribution in [1.29, 1.82) is 0 Å². The molecule has 0 radical (unpaired) electrons. The largest absolute Gasteiger partial charge is 0.336 e. The highest BCUT2D eigenvalue weighted by atomic mass is 35.5. The lowest BCUT2D eigenvalue weighted by Crippen LogP contribution is -2.70. The first-order chi connectivity index (χ1) is 20.9. The Hall–Kier alpha value is -3.80. The fraction of sp³-hybridized carbons (Fsp3) is 0.281. The van der Waals surface area contributed by atoms with Crippen LogP contribution in [0.4, 0.5) is 4.39 Å². The lowest BCUT2D eigenvalue weighted by atomic mass is 9.77. The van der Waals surface area contributed by atoms with Crippen LogP contribution in [0.15, 0.2) is 78.2 Å². The van der Waals surface area contributed by atoms with Crippen LogP contribution in [-0.2, 0) is 32.6 Å². The van der Waals surface area contributed by atoms with Crippen LogP contribution in [0.5, 0.6) is 0 Å². The molecule has 3 aromatic carbocycles. The van der Waals surface area contributed by atoms with Crippen LogP contribution in [0.2, 0.25) is 5.02 Å². The highest BCUT2D eigenvalue weighted by Crippen LogP contribution is 2.40. The molecular formula is C32H31ClFN3O5S2. The van der Waals surface area contributed by atoms with Crippen molar-refractivity contribution >= 4 is 60.8 Å². The number of halogens is 2. The first-order valence-electron chi connectivity index (χ1n) is 14.0. The highest BCUT2D eigenvalue weighted by Gasteiger charge is 2.55. The third-order valence-electron chi connectivity index (χ3n) is 7.71. The van der Waals surface area contributed by atoms with Crippen molar-refractivity contribution in [2.75, 3.05) is 19.3 Å². The molecule has 12 heteroatoms. The Morgan fingerprint density at radius 2 is 1.80 bits per heavy atom. The summed E-state index contributed by atoms with van der Waals surface area (Å²) >= 11 is 7.70. The molecule has 1 aliphatic rings. The number of thiophene rings is 1. The number of benzene rings is 3. The third-order valence-corrected chi connectivity index (χ3v) is 9.51. The molecule has 44 heavy (non-hydrogen) atoms. The number of hydrogen-bond donors (Lipinski definition) is 1. The number of nitrogens with zero attached hydrogens (tertiary/aromatic N) is 2. The average molecular weight is 656 g/mol. The van der Waals surface area contributed by atoms with Crippen molar-refractivity contribution < 1.29 is 27.2 Å². The monoisotopic (exact) mass is 655 g/mol. The van der Waals surface area contributed by atoms with Gasteiger partial charge >= 0.3 is 0 Å². The van der Waals surface area contributed by atoms with E-state index in [1.54, 1.807) is 40.1 Å². The molecule has 1 aromatic heterocycles. The molecule has 1 N–H and O–H groups in total. The van der Waals surface area contributed by atoms with E-state index in [2.05, 4.69) is 0 Å². The van der Waals surface area contributed by atoms with Gasteiger partial charge in [0.05, 0.1) is 11.8 Å². The molecule has 2 heterocycles. The Balaban J connectivity index is 1.49. The summed E-state index contributed by atoms with van der Waals surface area (Å²) in [5, 5.41) is 3.11. The van der Waals surface area contributed by atoms with Gasteiger partial charge in [-0.05, 0) is 54.3 Å². The molecule has 0 aliphatic carbocycles. The number of sulfonamides is 1. The summed E-state index contributed by atoms with van der Waals surface area (Å²) in [5.74, 6) is -1.66. The Morgan fingerprint density at radius 3 is 2.48 bits per heavy atom. The minimum Gasteiger partial charge on any atom is -0.336 e. The van der Waals surface area contributed by atoms with Crippen molar-refractivity contribution in [2.45, 2.75) is 37.8 Å². The fourth-order valence-electron chi connectivity index (χ4n) is 5.59. The first kappa shape index (κ1) is 31.6. The van der Waals surface area contributed by atoms with E-state index >= 15 is 0 Å². The molecular weight excluding hydrogens is 625 g/mol. The predicted octanol–water partition coefficient (Wildman–Crippen LogP) is 5.41. The predicted molar refractivity (Wildman–Crippen MR) is 169 cm³/mol. The van der Waals surface area contributed by atoms with Gasteiger partial charge in [0.1, 0.15) is 11.4 Å². The standard InChI is InChI=1S/C32H31ClFN3O5S2/c1-44(41,42)35-29(38)10-5-16-36(20-23-6-4-7-24(33)18-23)31(40)32(19-22-11-13-25(34)14-12-22)15-17-37(32)30(39)27-21-43-28-9-3-2-8-26(27)28/h2-4,6-9,11-14,18,21H,5,10,15-17,19-20H2,1H3,(H,35,38). The Kier molecular flexibility index (Phi) is 9.38. The van der Waals surface area contributed by atoms with Crippen molar-refractivity contribution in [3.05, 3.63) is 106 Å². The number of likely N-dealkylation sites (tertiary alicyclic amines) is 1. The Labute approximate surface area is 264 Å². The molecule has 230 valence electrons. The lowest BCUT2D eigenvalue weighted by molar-refractivity contribution is -0.151. The molecule has 0 spiro atoms. The van der Waals surface area contributed by atoms with Gasteiger partial charge in [-0.25, -0.2) is 12.8 Å². The summed E-state index contributed by atoms with van der Waals surface area (Å²) < 4.78 is 39.7. The minimum absolute atomic E-state index is 0.122. The molecule has 5 rings (SSSR count). The Bertz CT molecular complexity index is 1810. The maximum absolute atomic E-state index is 14.7. The summed E-state index contributed by atoms with van der Waals surface area (Å²) in [6.45, 7) is 0.635. The number of hydrogen-bond acceptors (Lipinski definition) is 6. The van der Waals surface area contributed by atoms with Crippen LogP contribution in [0.25, 0.3) is 10.1 Å². The van der Waals surface area contributed by atoms with Gasteiger partial charge in [-0.2, -0.15) is 0 Å². The van der Waals surface area contributed by atoms with E-state index in [0.29, 0.717) is 29.1 Å². The zero-order chi connectivity index (χ0) is 31.5. The second-order valence-electron chi connectivity index (χ2n) is 10.9. The van der Waals surface area contributed by atoms with Gasteiger partial charge in [0.2, 0.25) is 21.8 Å². The van der Waals surface area contributed by atoms with Crippen LogP contribution >= 0.6 is 22.9 Å². The van der Waals surface area contributed by atoms with Crippen LogP contribution in [0.1, 0.15) is 40.7 Å². The fourth-order valence-corrected chi connectivity index (χ4v) is 7.25. The van der Waals surface area contributed by atoms with Gasteiger partial charge in [0.25, 0.3) is 5.91 Å². The smallest absolute Gasteiger partial charge is 0.256 e. The SMILES string of the molecule is CS(=O)(=O)NC(=O)CCCN(Cc1cccc(Cl)c1)C(=O)C1(Cc2ccc(F)cc2)CCN1C(=O)c1csc2ccccc12. The van der Waals surface area contributed by atoms with E-state index in [0.717, 1.165) is 21.9 Å². The van der Waals surface area contributed by atoms with Crippen molar-refractivity contribution in [3.8, 4) is 0 Å². The van der Waals surface area contributed by atoms with Gasteiger partial charge in [-0.1, -0.05) is 54.1 Å². The third kappa shape index (κ3) is 7.11. The van der Waals surface area contributed by atoms with E-state index in [1.165, 1.54) is 23.5 Å². The summed E-state index contributed by atoms with van der Waals surface area (Å²) in [6.07, 6.45) is 1.51. The van der Waals surface area contributed by atoms with E-state index in [-0.39, 0.29) is 44.2 Å². The van der Waals surface area contributed by atoms with Crippen LogP contribution in [0, 0.1) is 5.82 Å². The zero-order valence-corrected chi connectivity index (χ0v) is 26.4. The molecule has 0 bridgehead atoms. The number of amides is 3. The molecule has 1 fully saturated rings. The van der Waals surface area contributed by atoms with E-state index in [1.807, 2.05) is 40.4 Å². The number of carbonyl (C=O) groups is 3. The van der Waals surface area contributed by atoms with Gasteiger partial charge in [0.15, 0.2) is 0 Å². The molecule has 3 amide bonds. The summed E-state index contributed by atoms with van der Waals surface area (Å²) in [6, 6.07) is 20.5. The topological polar surface area (TPSA) is 104 Å². The molecule has 4 aromatic rings. The van der Waals surface area contributed by atoms with E-state index in [9.17, 15) is 27.2 Å². The second kappa shape index (κ2) is 13.1. The van der Waals surface area contributed by atoms with Gasteiger partial charge in [-0.3, -0.25) is 19.1 Å². The molecule has 1 saturated heterocycles. The average Bonchev–Trinajstić information content (AvgIpc) is 3.39.